The highest BCUT2D eigenvalue weighted by Crippen LogP contribution is 2.14. The van der Waals surface area contributed by atoms with Crippen LogP contribution in [0.4, 0.5) is 0 Å². The lowest BCUT2D eigenvalue weighted by Crippen LogP contribution is -2.43. The normalized spacial score (nSPS) is 12.4. The lowest BCUT2D eigenvalue weighted by atomic mass is 10.1. The number of rotatable bonds is 7. The molecule has 2 rings (SSSR count). The summed E-state index contributed by atoms with van der Waals surface area (Å²) in [4.78, 5) is 26.3. The molecule has 0 aliphatic heterocycles. The Bertz CT molecular complexity index is 689. The van der Waals surface area contributed by atoms with E-state index < -0.39 is 24.3 Å². The molecule has 0 amide bonds. The number of imidazole rings is 2. The second-order valence-corrected chi connectivity index (χ2v) is 4.73. The number of aliphatic hydroxyl groups excluding tert-OH is 2. The van der Waals surface area contributed by atoms with E-state index in [-0.39, 0.29) is 5.82 Å². The van der Waals surface area contributed by atoms with Gasteiger partial charge in [0.05, 0.1) is 25.5 Å². The van der Waals surface area contributed by atoms with Gasteiger partial charge in [-0.15, -0.1) is 4.57 Å². The van der Waals surface area contributed by atoms with E-state index in [1.807, 2.05) is 24.6 Å². The summed E-state index contributed by atoms with van der Waals surface area (Å²) in [5.41, 5.74) is 0. The summed E-state index contributed by atoms with van der Waals surface area (Å²) in [6.45, 7) is 4.13. The number of ketones is 2. The number of hydrogen-bond donors (Lipinski definition) is 3. The van der Waals surface area contributed by atoms with E-state index in [1.165, 1.54) is 0 Å². The molecule has 0 spiro atoms. The molecule has 0 bridgehead atoms. The molecule has 0 radical (unpaired) electrons. The Hall–Kier alpha value is -2.32. The number of nitrogens with zero attached hydrogens (tertiary/aromatic N) is 3. The van der Waals surface area contributed by atoms with Crippen molar-refractivity contribution in [2.24, 2.45) is 0 Å². The highest BCUT2D eigenvalue weighted by atomic mass is 16.3. The Morgan fingerprint density at radius 3 is 2.55 bits per heavy atom. The van der Waals surface area contributed by atoms with E-state index in [4.69, 9.17) is 5.11 Å². The molecule has 8 heteroatoms. The van der Waals surface area contributed by atoms with E-state index in [0.717, 1.165) is 0 Å². The van der Waals surface area contributed by atoms with Gasteiger partial charge in [0.15, 0.2) is 0 Å². The van der Waals surface area contributed by atoms with Gasteiger partial charge in [0.1, 0.15) is 19.0 Å². The minimum absolute atomic E-state index is 0.263. The van der Waals surface area contributed by atoms with Crippen molar-refractivity contribution >= 4 is 11.6 Å². The molecule has 1 atom stereocenters. The highest BCUT2D eigenvalue weighted by molar-refractivity contribution is 6.39. The number of Topliss-reactive ketones (excluding diaryl/α,β-unsaturated/α-hetero) is 2. The molecular formula is C14H20N4O4+2. The van der Waals surface area contributed by atoms with Crippen LogP contribution < -0.4 is 9.13 Å². The number of H-pyrrole nitrogens is 1. The van der Waals surface area contributed by atoms with E-state index in [1.54, 1.807) is 27.7 Å². The van der Waals surface area contributed by atoms with E-state index >= 15 is 0 Å². The van der Waals surface area contributed by atoms with Gasteiger partial charge in [0.25, 0.3) is 0 Å². The van der Waals surface area contributed by atoms with Crippen molar-refractivity contribution in [2.45, 2.75) is 33.0 Å². The highest BCUT2D eigenvalue weighted by Gasteiger charge is 2.36. The molecule has 0 aliphatic carbocycles. The average Bonchev–Trinajstić information content (AvgIpc) is 3.17. The largest absolute Gasteiger partial charge is 0.398 e. The Morgan fingerprint density at radius 1 is 1.27 bits per heavy atom. The molecular weight excluding hydrogens is 288 g/mol. The van der Waals surface area contributed by atoms with Crippen molar-refractivity contribution in [1.82, 2.24) is 9.55 Å². The molecule has 0 saturated heterocycles. The van der Waals surface area contributed by atoms with Gasteiger partial charge in [-0.2, -0.15) is 0 Å². The van der Waals surface area contributed by atoms with Gasteiger partial charge in [-0.05, 0) is 13.8 Å². The molecule has 3 N–H and O–H groups in total. The minimum Gasteiger partial charge on any atom is -0.388 e. The average molecular weight is 308 g/mol. The molecule has 0 fully saturated rings. The number of carbonyl (C=O) groups is 2. The maximum Gasteiger partial charge on any atom is 0.398 e. The van der Waals surface area contributed by atoms with Crippen molar-refractivity contribution in [2.75, 3.05) is 6.61 Å². The Balaban J connectivity index is 2.53. The van der Waals surface area contributed by atoms with Crippen LogP contribution in [0.1, 0.15) is 25.8 Å². The van der Waals surface area contributed by atoms with Crippen LogP contribution in [0.15, 0.2) is 24.8 Å². The van der Waals surface area contributed by atoms with Crippen molar-refractivity contribution < 1.29 is 28.9 Å². The van der Waals surface area contributed by atoms with E-state index in [0.29, 0.717) is 19.0 Å². The van der Waals surface area contributed by atoms with Gasteiger partial charge in [-0.3, -0.25) is 9.59 Å². The monoisotopic (exact) mass is 308 g/mol. The van der Waals surface area contributed by atoms with Crippen LogP contribution in [0.3, 0.4) is 0 Å². The van der Waals surface area contributed by atoms with E-state index in [9.17, 15) is 14.7 Å². The summed E-state index contributed by atoms with van der Waals surface area (Å²) < 4.78 is 5.20. The Kier molecular flexibility index (Phi) is 4.84. The number of aromatic nitrogens is 4. The van der Waals surface area contributed by atoms with Crippen molar-refractivity contribution in [3.8, 4) is 5.95 Å². The molecule has 22 heavy (non-hydrogen) atoms. The lowest BCUT2D eigenvalue weighted by molar-refractivity contribution is -0.706. The summed E-state index contributed by atoms with van der Waals surface area (Å²) in [6.07, 6.45) is 5.37. The summed E-state index contributed by atoms with van der Waals surface area (Å²) in [7, 11) is 0. The molecule has 2 heterocycles. The fraction of sp³-hybridized carbons (Fsp3) is 0.429. The number of aryl methyl sites for hydroxylation is 2. The summed E-state index contributed by atoms with van der Waals surface area (Å²) >= 11 is 0. The molecule has 0 aliphatic rings. The second kappa shape index (κ2) is 6.63. The van der Waals surface area contributed by atoms with Crippen molar-refractivity contribution in [3.63, 3.8) is 0 Å². The zero-order valence-electron chi connectivity index (χ0n) is 12.6. The van der Waals surface area contributed by atoms with Crippen LogP contribution in [0.5, 0.6) is 0 Å². The van der Waals surface area contributed by atoms with Gasteiger partial charge in [0, 0.05) is 0 Å². The number of aromatic amines is 1. The van der Waals surface area contributed by atoms with Gasteiger partial charge in [-0.25, -0.2) is 14.1 Å². The topological polar surface area (TPSA) is 103 Å². The van der Waals surface area contributed by atoms with Crippen molar-refractivity contribution in [3.05, 3.63) is 30.6 Å². The lowest BCUT2D eigenvalue weighted by Gasteiger charge is -2.07. The second-order valence-electron chi connectivity index (χ2n) is 4.73. The SMILES string of the molecule is CC[n+]1cc[nH]c1-n1cc[n+](CC)c1C(O)C(=O)C(=O)CO. The number of hydrogen-bond acceptors (Lipinski definition) is 4. The first-order valence-electron chi connectivity index (χ1n) is 7.08. The van der Waals surface area contributed by atoms with Crippen LogP contribution in [0, 0.1) is 0 Å². The Morgan fingerprint density at radius 2 is 1.95 bits per heavy atom. The zero-order chi connectivity index (χ0) is 16.3. The number of aliphatic hydroxyl groups is 2. The summed E-state index contributed by atoms with van der Waals surface area (Å²) in [5, 5.41) is 19.1. The van der Waals surface area contributed by atoms with Crippen LogP contribution >= 0.6 is 0 Å². The fourth-order valence-corrected chi connectivity index (χ4v) is 2.34. The first-order valence-corrected chi connectivity index (χ1v) is 7.08. The van der Waals surface area contributed by atoms with Crippen LogP contribution in [-0.2, 0) is 22.7 Å². The third-order valence-electron chi connectivity index (χ3n) is 3.50. The van der Waals surface area contributed by atoms with Crippen LogP contribution in [0.25, 0.3) is 5.95 Å². The van der Waals surface area contributed by atoms with Gasteiger partial charge < -0.3 is 10.2 Å². The standard InChI is InChI=1S/C14H19N4O4/c1-3-16-7-8-18(14-15-5-6-17(14)4-2)13(16)12(22)11(21)10(20)9-19/h5-8,12,19,22H,3-4,9H2,1-2H3/q+1/p+1. The van der Waals surface area contributed by atoms with Crippen molar-refractivity contribution in [1.29, 1.82) is 0 Å². The molecule has 0 aromatic carbocycles. The first kappa shape index (κ1) is 16.1. The third kappa shape index (κ3) is 2.70. The molecule has 118 valence electrons. The van der Waals surface area contributed by atoms with E-state index in [2.05, 4.69) is 4.98 Å². The fourth-order valence-electron chi connectivity index (χ4n) is 2.34. The maximum absolute atomic E-state index is 11.9. The smallest absolute Gasteiger partial charge is 0.388 e. The van der Waals surface area contributed by atoms with Gasteiger partial charge in [-0.1, -0.05) is 0 Å². The predicted octanol–water partition coefficient (Wildman–Crippen LogP) is -1.42. The summed E-state index contributed by atoms with van der Waals surface area (Å²) in [5.74, 6) is -1.12. The zero-order valence-corrected chi connectivity index (χ0v) is 12.6. The molecule has 2 aromatic heterocycles. The minimum atomic E-state index is -1.64. The maximum atomic E-state index is 11.9. The molecule has 8 nitrogen and oxygen atoms in total. The number of carbonyl (C=O) groups excluding carboxylic acids is 2. The molecule has 0 saturated carbocycles. The summed E-state index contributed by atoms with van der Waals surface area (Å²) in [6, 6.07) is 0. The Labute approximate surface area is 127 Å². The number of nitrogens with one attached hydrogen (secondary N) is 1. The molecule has 1 unspecified atom stereocenters. The predicted molar refractivity (Wildman–Crippen MR) is 73.9 cm³/mol. The van der Waals surface area contributed by atoms with Gasteiger partial charge >= 0.3 is 11.8 Å². The quantitative estimate of drug-likeness (QED) is 0.431. The van der Waals surface area contributed by atoms with Crippen LogP contribution in [0.2, 0.25) is 0 Å². The van der Waals surface area contributed by atoms with Gasteiger partial charge in [0.2, 0.25) is 17.7 Å². The first-order chi connectivity index (χ1) is 10.5. The molecule has 2 aromatic rings. The third-order valence-corrected chi connectivity index (χ3v) is 3.50. The van der Waals surface area contributed by atoms with Crippen LogP contribution in [-0.4, -0.2) is 37.9 Å².